The maximum absolute atomic E-state index is 12.9. The molecule has 26 heavy (non-hydrogen) atoms. The third kappa shape index (κ3) is 3.16. The molecule has 5 heteroatoms. The zero-order valence-corrected chi connectivity index (χ0v) is 15.6. The van der Waals surface area contributed by atoms with Crippen LogP contribution in [0.25, 0.3) is 5.69 Å². The molecular weight excluding hydrogens is 326 g/mol. The van der Waals surface area contributed by atoms with E-state index in [0.717, 1.165) is 41.9 Å². The molecule has 0 bridgehead atoms. The van der Waals surface area contributed by atoms with E-state index in [1.54, 1.807) is 0 Å². The van der Waals surface area contributed by atoms with Gasteiger partial charge in [0.25, 0.3) is 0 Å². The average molecular weight is 353 g/mol. The van der Waals surface area contributed by atoms with Crippen LogP contribution in [0.5, 0.6) is 0 Å². The molecule has 1 aliphatic carbocycles. The Labute approximate surface area is 154 Å². The normalized spacial score (nSPS) is 23.5. The lowest BCUT2D eigenvalue weighted by Crippen LogP contribution is -2.38. The fourth-order valence-corrected chi connectivity index (χ4v) is 4.41. The van der Waals surface area contributed by atoms with Crippen LogP contribution < -0.4 is 5.32 Å². The minimum Gasteiger partial charge on any atom is -0.373 e. The van der Waals surface area contributed by atoms with E-state index in [2.05, 4.69) is 12.2 Å². The standard InChI is InChI=1S/C21H27N3O2/c1-14-19(15(2)24(23-14)17-10-4-3-5-11-17)20-18(12-13-26-20)21(25)22-16-8-6-7-9-16/h3-5,10-11,16,18,20H,6-9,12-13H2,1-2H3,(H,22,25)/t18-,20-/m0/s1. The van der Waals surface area contributed by atoms with Gasteiger partial charge in [0.05, 0.1) is 23.4 Å². The van der Waals surface area contributed by atoms with Crippen molar-refractivity contribution in [3.8, 4) is 5.69 Å². The molecule has 0 spiro atoms. The molecule has 0 unspecified atom stereocenters. The monoisotopic (exact) mass is 353 g/mol. The number of amides is 1. The summed E-state index contributed by atoms with van der Waals surface area (Å²) >= 11 is 0. The summed E-state index contributed by atoms with van der Waals surface area (Å²) in [7, 11) is 0. The molecule has 1 aliphatic heterocycles. The molecule has 1 aromatic carbocycles. The number of hydrogen-bond donors (Lipinski definition) is 1. The summed E-state index contributed by atoms with van der Waals surface area (Å²) in [6, 6.07) is 10.5. The molecule has 2 heterocycles. The molecule has 1 aromatic heterocycles. The zero-order chi connectivity index (χ0) is 18.1. The van der Waals surface area contributed by atoms with Gasteiger partial charge in [0.2, 0.25) is 5.91 Å². The van der Waals surface area contributed by atoms with E-state index in [-0.39, 0.29) is 17.9 Å². The van der Waals surface area contributed by atoms with Gasteiger partial charge >= 0.3 is 0 Å². The lowest BCUT2D eigenvalue weighted by molar-refractivity contribution is -0.127. The molecule has 2 aliphatic rings. The second kappa shape index (κ2) is 7.23. The fourth-order valence-electron chi connectivity index (χ4n) is 4.41. The van der Waals surface area contributed by atoms with Crippen LogP contribution in [0.3, 0.4) is 0 Å². The first kappa shape index (κ1) is 17.3. The summed E-state index contributed by atoms with van der Waals surface area (Å²) in [5.41, 5.74) is 4.10. The van der Waals surface area contributed by atoms with Crippen LogP contribution in [-0.2, 0) is 9.53 Å². The Morgan fingerprint density at radius 3 is 2.62 bits per heavy atom. The first-order valence-corrected chi connectivity index (χ1v) is 9.68. The lowest BCUT2D eigenvalue weighted by Gasteiger charge is -2.21. The molecule has 0 radical (unpaired) electrons. The number of ether oxygens (including phenoxy) is 1. The average Bonchev–Trinajstić information content (AvgIpc) is 3.37. The highest BCUT2D eigenvalue weighted by molar-refractivity contribution is 5.80. The lowest BCUT2D eigenvalue weighted by atomic mass is 9.93. The van der Waals surface area contributed by atoms with Gasteiger partial charge in [0.15, 0.2) is 0 Å². The molecule has 2 fully saturated rings. The fraction of sp³-hybridized carbons (Fsp3) is 0.524. The predicted octanol–water partition coefficient (Wildman–Crippen LogP) is 3.63. The van der Waals surface area contributed by atoms with Crippen LogP contribution in [0.15, 0.2) is 30.3 Å². The summed E-state index contributed by atoms with van der Waals surface area (Å²) in [4.78, 5) is 12.9. The van der Waals surface area contributed by atoms with Crippen LogP contribution >= 0.6 is 0 Å². The minimum atomic E-state index is -0.200. The molecule has 138 valence electrons. The van der Waals surface area contributed by atoms with Gasteiger partial charge in [-0.25, -0.2) is 4.68 Å². The highest BCUT2D eigenvalue weighted by atomic mass is 16.5. The van der Waals surface area contributed by atoms with Gasteiger partial charge in [-0.1, -0.05) is 31.0 Å². The predicted molar refractivity (Wildman–Crippen MR) is 100 cm³/mol. The summed E-state index contributed by atoms with van der Waals surface area (Å²) in [6.07, 6.45) is 5.23. The summed E-state index contributed by atoms with van der Waals surface area (Å²) in [6.45, 7) is 4.70. The van der Waals surface area contributed by atoms with Gasteiger partial charge in [-0.2, -0.15) is 5.10 Å². The van der Waals surface area contributed by atoms with Crippen molar-refractivity contribution in [2.24, 2.45) is 5.92 Å². The van der Waals surface area contributed by atoms with E-state index >= 15 is 0 Å². The number of aromatic nitrogens is 2. The summed E-state index contributed by atoms with van der Waals surface area (Å²) in [5.74, 6) is 0.0204. The summed E-state index contributed by atoms with van der Waals surface area (Å²) < 4.78 is 7.99. The Morgan fingerprint density at radius 2 is 1.88 bits per heavy atom. The van der Waals surface area contributed by atoms with Crippen LogP contribution in [0, 0.1) is 19.8 Å². The highest BCUT2D eigenvalue weighted by Crippen LogP contribution is 2.38. The van der Waals surface area contributed by atoms with E-state index in [1.807, 2.05) is 41.9 Å². The maximum atomic E-state index is 12.9. The van der Waals surface area contributed by atoms with Crippen molar-refractivity contribution in [3.63, 3.8) is 0 Å². The molecule has 2 atom stereocenters. The number of benzene rings is 1. The number of carbonyl (C=O) groups is 1. The zero-order valence-electron chi connectivity index (χ0n) is 15.6. The van der Waals surface area contributed by atoms with Crippen LogP contribution in [-0.4, -0.2) is 28.3 Å². The Hall–Kier alpha value is -2.14. The second-order valence-electron chi connectivity index (χ2n) is 7.51. The van der Waals surface area contributed by atoms with Gasteiger partial charge in [0.1, 0.15) is 0 Å². The van der Waals surface area contributed by atoms with Crippen molar-refractivity contribution in [2.45, 2.75) is 58.1 Å². The Bertz CT molecular complexity index is 778. The number of nitrogens with one attached hydrogen (secondary N) is 1. The highest BCUT2D eigenvalue weighted by Gasteiger charge is 2.39. The molecule has 5 nitrogen and oxygen atoms in total. The first-order valence-electron chi connectivity index (χ1n) is 9.68. The van der Waals surface area contributed by atoms with E-state index in [4.69, 9.17) is 9.84 Å². The Balaban J connectivity index is 1.60. The van der Waals surface area contributed by atoms with Crippen LogP contribution in [0.4, 0.5) is 0 Å². The third-order valence-electron chi connectivity index (χ3n) is 5.76. The van der Waals surface area contributed by atoms with Gasteiger partial charge in [-0.05, 0) is 45.2 Å². The largest absolute Gasteiger partial charge is 0.373 e. The van der Waals surface area contributed by atoms with Gasteiger partial charge in [0, 0.05) is 23.9 Å². The van der Waals surface area contributed by atoms with Crippen LogP contribution in [0.2, 0.25) is 0 Å². The number of carbonyl (C=O) groups excluding carboxylic acids is 1. The SMILES string of the molecule is Cc1nn(-c2ccccc2)c(C)c1[C@H]1OCC[C@@H]1C(=O)NC1CCCC1. The number of para-hydroxylation sites is 1. The Kier molecular flexibility index (Phi) is 4.81. The number of hydrogen-bond acceptors (Lipinski definition) is 3. The molecule has 1 N–H and O–H groups in total. The molecule has 1 saturated heterocycles. The van der Waals surface area contributed by atoms with Gasteiger partial charge < -0.3 is 10.1 Å². The van der Waals surface area contributed by atoms with E-state index in [1.165, 1.54) is 12.8 Å². The van der Waals surface area contributed by atoms with Crippen molar-refractivity contribution in [1.82, 2.24) is 15.1 Å². The number of nitrogens with zero attached hydrogens (tertiary/aromatic N) is 2. The van der Waals surface area contributed by atoms with Crippen molar-refractivity contribution in [3.05, 3.63) is 47.3 Å². The first-order chi connectivity index (χ1) is 12.6. The van der Waals surface area contributed by atoms with Crippen molar-refractivity contribution >= 4 is 5.91 Å². The van der Waals surface area contributed by atoms with Crippen molar-refractivity contribution < 1.29 is 9.53 Å². The van der Waals surface area contributed by atoms with Gasteiger partial charge in [-0.3, -0.25) is 4.79 Å². The topological polar surface area (TPSA) is 56.2 Å². The Morgan fingerprint density at radius 1 is 1.15 bits per heavy atom. The number of rotatable bonds is 4. The quantitative estimate of drug-likeness (QED) is 0.913. The van der Waals surface area contributed by atoms with Crippen molar-refractivity contribution in [2.75, 3.05) is 6.61 Å². The smallest absolute Gasteiger partial charge is 0.226 e. The van der Waals surface area contributed by atoms with Gasteiger partial charge in [-0.15, -0.1) is 0 Å². The van der Waals surface area contributed by atoms with Crippen molar-refractivity contribution in [1.29, 1.82) is 0 Å². The maximum Gasteiger partial charge on any atom is 0.226 e. The van der Waals surface area contributed by atoms with E-state index in [0.29, 0.717) is 12.6 Å². The van der Waals surface area contributed by atoms with E-state index < -0.39 is 0 Å². The molecule has 4 rings (SSSR count). The van der Waals surface area contributed by atoms with E-state index in [9.17, 15) is 4.79 Å². The third-order valence-corrected chi connectivity index (χ3v) is 5.76. The molecule has 1 saturated carbocycles. The molecule has 2 aromatic rings. The number of aryl methyl sites for hydroxylation is 1. The minimum absolute atomic E-state index is 0.124. The molecule has 1 amide bonds. The summed E-state index contributed by atoms with van der Waals surface area (Å²) in [5, 5.41) is 7.98. The molecular formula is C21H27N3O2. The second-order valence-corrected chi connectivity index (χ2v) is 7.51. The van der Waals surface area contributed by atoms with Crippen LogP contribution in [0.1, 0.15) is 55.2 Å².